The summed E-state index contributed by atoms with van der Waals surface area (Å²) in [5, 5.41) is -0.126. The smallest absolute Gasteiger partial charge is 0.266 e. The molecule has 0 radical (unpaired) electrons. The van der Waals surface area contributed by atoms with Crippen LogP contribution < -0.4 is 10.3 Å². The summed E-state index contributed by atoms with van der Waals surface area (Å²) in [5.74, 6) is 1.39. The monoisotopic (exact) mass is 332 g/mol. The number of aromatic amines is 1. The number of halogens is 1. The molecule has 2 rings (SSSR count). The maximum atomic E-state index is 12.1. The number of pyridine rings is 1. The molecule has 1 aliphatic rings. The standard InChI is InChI=1S/C14H21ClN2O3S/c1-10-2-4-11(5-3-10)6-7-17-21(19,20)12-8-13(15)14(18)16-9-12/h8-11,17H,2-7H2,1H3,(H,16,18). The molecule has 0 aromatic carbocycles. The quantitative estimate of drug-likeness (QED) is 0.869. The first-order valence-corrected chi connectivity index (χ1v) is 9.12. The van der Waals surface area contributed by atoms with Crippen LogP contribution in [0.2, 0.25) is 5.02 Å². The van der Waals surface area contributed by atoms with E-state index >= 15 is 0 Å². The topological polar surface area (TPSA) is 79.0 Å². The fourth-order valence-electron chi connectivity index (χ4n) is 2.69. The van der Waals surface area contributed by atoms with Crippen molar-refractivity contribution in [1.82, 2.24) is 9.71 Å². The van der Waals surface area contributed by atoms with Crippen LogP contribution in [0.5, 0.6) is 0 Å². The second-order valence-electron chi connectivity index (χ2n) is 5.82. The highest BCUT2D eigenvalue weighted by molar-refractivity contribution is 7.89. The number of H-pyrrole nitrogens is 1. The summed E-state index contributed by atoms with van der Waals surface area (Å²) in [7, 11) is -3.62. The van der Waals surface area contributed by atoms with Crippen molar-refractivity contribution in [3.8, 4) is 0 Å². The molecule has 0 aliphatic heterocycles. The van der Waals surface area contributed by atoms with Gasteiger partial charge in [0.25, 0.3) is 5.56 Å². The molecule has 21 heavy (non-hydrogen) atoms. The SMILES string of the molecule is CC1CCC(CCNS(=O)(=O)c2c[nH]c(=O)c(Cl)c2)CC1. The number of hydrogen-bond acceptors (Lipinski definition) is 3. The summed E-state index contributed by atoms with van der Waals surface area (Å²) in [6, 6.07) is 1.17. The zero-order valence-electron chi connectivity index (χ0n) is 12.1. The summed E-state index contributed by atoms with van der Waals surface area (Å²) in [5.41, 5.74) is -0.494. The van der Waals surface area contributed by atoms with Crippen molar-refractivity contribution in [2.45, 2.75) is 43.9 Å². The van der Waals surface area contributed by atoms with Gasteiger partial charge in [0.05, 0.1) is 4.90 Å². The molecule has 118 valence electrons. The van der Waals surface area contributed by atoms with Gasteiger partial charge in [-0.05, 0) is 24.3 Å². The third kappa shape index (κ3) is 4.56. The van der Waals surface area contributed by atoms with Gasteiger partial charge >= 0.3 is 0 Å². The molecule has 1 fully saturated rings. The molecule has 1 aliphatic carbocycles. The number of hydrogen-bond donors (Lipinski definition) is 2. The van der Waals surface area contributed by atoms with E-state index < -0.39 is 15.6 Å². The molecule has 0 atom stereocenters. The lowest BCUT2D eigenvalue weighted by Crippen LogP contribution is -2.27. The molecule has 0 spiro atoms. The zero-order chi connectivity index (χ0) is 15.5. The van der Waals surface area contributed by atoms with Gasteiger partial charge < -0.3 is 4.98 Å². The molecule has 0 amide bonds. The van der Waals surface area contributed by atoms with Crippen LogP contribution >= 0.6 is 11.6 Å². The Bertz CT molecular complexity index is 634. The summed E-state index contributed by atoms with van der Waals surface area (Å²) < 4.78 is 26.8. The Hall–Kier alpha value is -0.850. The third-order valence-electron chi connectivity index (χ3n) is 4.12. The van der Waals surface area contributed by atoms with Gasteiger partial charge in [-0.15, -0.1) is 0 Å². The molecule has 2 N–H and O–H groups in total. The minimum atomic E-state index is -3.62. The molecule has 1 heterocycles. The van der Waals surface area contributed by atoms with E-state index in [4.69, 9.17) is 11.6 Å². The van der Waals surface area contributed by atoms with E-state index in [-0.39, 0.29) is 9.92 Å². The van der Waals surface area contributed by atoms with Crippen molar-refractivity contribution in [2.24, 2.45) is 11.8 Å². The Morgan fingerprint density at radius 1 is 1.33 bits per heavy atom. The number of sulfonamides is 1. The van der Waals surface area contributed by atoms with Gasteiger partial charge in [-0.1, -0.05) is 44.2 Å². The van der Waals surface area contributed by atoms with E-state index in [0.717, 1.165) is 12.3 Å². The Labute approximate surface area is 130 Å². The van der Waals surface area contributed by atoms with Gasteiger partial charge in [0.1, 0.15) is 5.02 Å². The Morgan fingerprint density at radius 3 is 2.62 bits per heavy atom. The first-order chi connectivity index (χ1) is 9.88. The van der Waals surface area contributed by atoms with Gasteiger partial charge in [0.15, 0.2) is 0 Å². The van der Waals surface area contributed by atoms with E-state index in [2.05, 4.69) is 16.6 Å². The van der Waals surface area contributed by atoms with E-state index in [1.54, 1.807) is 0 Å². The molecule has 1 aromatic heterocycles. The molecule has 0 unspecified atom stereocenters. The second-order valence-corrected chi connectivity index (χ2v) is 8.00. The Balaban J connectivity index is 1.89. The molecule has 1 saturated carbocycles. The van der Waals surface area contributed by atoms with Crippen molar-refractivity contribution in [3.63, 3.8) is 0 Å². The van der Waals surface area contributed by atoms with Crippen molar-refractivity contribution in [1.29, 1.82) is 0 Å². The average Bonchev–Trinajstić information content (AvgIpc) is 2.44. The van der Waals surface area contributed by atoms with Gasteiger partial charge in [0.2, 0.25) is 10.0 Å². The normalized spacial score (nSPS) is 23.1. The van der Waals surface area contributed by atoms with E-state index in [0.29, 0.717) is 12.5 Å². The number of aromatic nitrogens is 1. The van der Waals surface area contributed by atoms with Crippen LogP contribution in [0, 0.1) is 11.8 Å². The van der Waals surface area contributed by atoms with Crippen molar-refractivity contribution < 1.29 is 8.42 Å². The molecule has 0 saturated heterocycles. The fraction of sp³-hybridized carbons (Fsp3) is 0.643. The van der Waals surface area contributed by atoms with E-state index in [9.17, 15) is 13.2 Å². The second kappa shape index (κ2) is 6.94. The van der Waals surface area contributed by atoms with Crippen LogP contribution in [0.4, 0.5) is 0 Å². The summed E-state index contributed by atoms with van der Waals surface area (Å²) in [6.07, 6.45) is 6.82. The highest BCUT2D eigenvalue weighted by Crippen LogP contribution is 2.30. The van der Waals surface area contributed by atoms with E-state index in [1.807, 2.05) is 0 Å². The van der Waals surface area contributed by atoms with Crippen LogP contribution in [-0.2, 0) is 10.0 Å². The van der Waals surface area contributed by atoms with Crippen molar-refractivity contribution in [3.05, 3.63) is 27.6 Å². The summed E-state index contributed by atoms with van der Waals surface area (Å²) >= 11 is 5.65. The minimum absolute atomic E-state index is 0.00985. The van der Waals surface area contributed by atoms with Crippen molar-refractivity contribution >= 4 is 21.6 Å². The van der Waals surface area contributed by atoms with Gasteiger partial charge in [-0.3, -0.25) is 4.79 Å². The first-order valence-electron chi connectivity index (χ1n) is 7.26. The maximum absolute atomic E-state index is 12.1. The van der Waals surface area contributed by atoms with Crippen LogP contribution in [0.15, 0.2) is 22.0 Å². The number of nitrogens with one attached hydrogen (secondary N) is 2. The molecule has 7 heteroatoms. The largest absolute Gasteiger partial charge is 0.326 e. The van der Waals surface area contributed by atoms with Gasteiger partial charge in [0, 0.05) is 12.7 Å². The highest BCUT2D eigenvalue weighted by atomic mass is 35.5. The zero-order valence-corrected chi connectivity index (χ0v) is 13.6. The predicted molar refractivity (Wildman–Crippen MR) is 83.0 cm³/mol. The maximum Gasteiger partial charge on any atom is 0.266 e. The Kier molecular flexibility index (Phi) is 5.46. The van der Waals surface area contributed by atoms with Gasteiger partial charge in [-0.25, -0.2) is 13.1 Å². The van der Waals surface area contributed by atoms with Crippen LogP contribution in [0.3, 0.4) is 0 Å². The number of rotatable bonds is 5. The van der Waals surface area contributed by atoms with E-state index in [1.165, 1.54) is 37.9 Å². The first kappa shape index (κ1) is 16.5. The molecule has 1 aromatic rings. The highest BCUT2D eigenvalue weighted by Gasteiger charge is 2.20. The van der Waals surface area contributed by atoms with Crippen LogP contribution in [-0.4, -0.2) is 19.9 Å². The predicted octanol–water partition coefficient (Wildman–Crippen LogP) is 2.52. The fourth-order valence-corrected chi connectivity index (χ4v) is 3.97. The molecular formula is C14H21ClN2O3S. The van der Waals surface area contributed by atoms with Crippen molar-refractivity contribution in [2.75, 3.05) is 6.54 Å². The lowest BCUT2D eigenvalue weighted by atomic mass is 9.81. The lowest BCUT2D eigenvalue weighted by Gasteiger charge is -2.26. The molecule has 0 bridgehead atoms. The molecule has 5 nitrogen and oxygen atoms in total. The van der Waals surface area contributed by atoms with Gasteiger partial charge in [-0.2, -0.15) is 0 Å². The summed E-state index contributed by atoms with van der Waals surface area (Å²) in [4.78, 5) is 13.4. The average molecular weight is 333 g/mol. The van der Waals surface area contributed by atoms with Crippen LogP contribution in [0.1, 0.15) is 39.0 Å². The lowest BCUT2D eigenvalue weighted by molar-refractivity contribution is 0.278. The minimum Gasteiger partial charge on any atom is -0.326 e. The third-order valence-corrected chi connectivity index (χ3v) is 5.84. The molecular weight excluding hydrogens is 312 g/mol. The Morgan fingerprint density at radius 2 is 2.00 bits per heavy atom. The van der Waals surface area contributed by atoms with Crippen LogP contribution in [0.25, 0.3) is 0 Å². The summed E-state index contributed by atoms with van der Waals surface area (Å²) in [6.45, 7) is 2.68.